The molecule has 0 amide bonds. The van der Waals surface area contributed by atoms with Crippen LogP contribution in [-0.4, -0.2) is 37.1 Å². The summed E-state index contributed by atoms with van der Waals surface area (Å²) < 4.78 is 0. The van der Waals surface area contributed by atoms with Gasteiger partial charge in [0.2, 0.25) is 0 Å². The topological polar surface area (TPSA) is 15.3 Å². The zero-order valence-electron chi connectivity index (χ0n) is 10.6. The van der Waals surface area contributed by atoms with Gasteiger partial charge in [-0.1, -0.05) is 27.7 Å². The first-order chi connectivity index (χ1) is 6.61. The Hall–Kier alpha value is -0.0800. The van der Waals surface area contributed by atoms with E-state index in [2.05, 4.69) is 44.8 Å². The molecule has 0 aliphatic heterocycles. The maximum atomic E-state index is 3.52. The maximum Gasteiger partial charge on any atom is 0.0192 e. The summed E-state index contributed by atoms with van der Waals surface area (Å²) in [6.45, 7) is 15.9. The molecule has 2 heteroatoms. The number of nitrogens with one attached hydrogen (secondary N) is 1. The fraction of sp³-hybridized carbons (Fsp3) is 1.00. The zero-order chi connectivity index (χ0) is 11.0. The Balaban J connectivity index is 3.63. The molecule has 1 unspecified atom stereocenters. The van der Waals surface area contributed by atoms with Gasteiger partial charge in [-0.05, 0) is 38.9 Å². The SMILES string of the molecule is CCCN(CC)C(C)CNCC(C)C. The van der Waals surface area contributed by atoms with Gasteiger partial charge in [0.25, 0.3) is 0 Å². The lowest BCUT2D eigenvalue weighted by Gasteiger charge is -2.27. The van der Waals surface area contributed by atoms with Gasteiger partial charge in [-0.15, -0.1) is 0 Å². The minimum atomic E-state index is 0.665. The summed E-state index contributed by atoms with van der Waals surface area (Å²) in [7, 11) is 0. The Morgan fingerprint density at radius 1 is 1.07 bits per heavy atom. The maximum absolute atomic E-state index is 3.52. The monoisotopic (exact) mass is 200 g/mol. The van der Waals surface area contributed by atoms with Crippen LogP contribution in [0, 0.1) is 5.92 Å². The minimum Gasteiger partial charge on any atom is -0.315 e. The molecule has 2 nitrogen and oxygen atoms in total. The Morgan fingerprint density at radius 2 is 1.71 bits per heavy atom. The highest BCUT2D eigenvalue weighted by Gasteiger charge is 2.09. The molecule has 1 atom stereocenters. The number of hydrogen-bond donors (Lipinski definition) is 1. The second-order valence-electron chi connectivity index (χ2n) is 4.53. The van der Waals surface area contributed by atoms with Crippen molar-refractivity contribution in [3.63, 3.8) is 0 Å². The van der Waals surface area contributed by atoms with Crippen molar-refractivity contribution in [2.24, 2.45) is 5.92 Å². The van der Waals surface area contributed by atoms with E-state index in [1.165, 1.54) is 19.5 Å². The van der Waals surface area contributed by atoms with Crippen LogP contribution < -0.4 is 5.32 Å². The largest absolute Gasteiger partial charge is 0.315 e. The van der Waals surface area contributed by atoms with Gasteiger partial charge in [-0.3, -0.25) is 4.90 Å². The molecule has 0 aliphatic carbocycles. The molecule has 0 aliphatic rings. The molecule has 0 heterocycles. The molecule has 0 aromatic carbocycles. The molecule has 0 bridgehead atoms. The van der Waals surface area contributed by atoms with Gasteiger partial charge in [-0.25, -0.2) is 0 Å². The van der Waals surface area contributed by atoms with Crippen LogP contribution in [0.25, 0.3) is 0 Å². The zero-order valence-corrected chi connectivity index (χ0v) is 10.6. The van der Waals surface area contributed by atoms with E-state index in [0.29, 0.717) is 6.04 Å². The minimum absolute atomic E-state index is 0.665. The summed E-state index contributed by atoms with van der Waals surface area (Å²) in [6.07, 6.45) is 1.25. The first kappa shape index (κ1) is 13.9. The van der Waals surface area contributed by atoms with E-state index in [-0.39, 0.29) is 0 Å². The van der Waals surface area contributed by atoms with Gasteiger partial charge in [-0.2, -0.15) is 0 Å². The van der Waals surface area contributed by atoms with Gasteiger partial charge in [0, 0.05) is 12.6 Å². The van der Waals surface area contributed by atoms with Crippen molar-refractivity contribution in [1.29, 1.82) is 0 Å². The average Bonchev–Trinajstić information content (AvgIpc) is 2.13. The van der Waals surface area contributed by atoms with Gasteiger partial charge in [0.05, 0.1) is 0 Å². The van der Waals surface area contributed by atoms with E-state index in [1.807, 2.05) is 0 Å². The predicted molar refractivity (Wildman–Crippen MR) is 64.7 cm³/mol. The van der Waals surface area contributed by atoms with Gasteiger partial charge in [0.15, 0.2) is 0 Å². The Bertz CT molecular complexity index is 123. The van der Waals surface area contributed by atoms with Gasteiger partial charge < -0.3 is 5.32 Å². The highest BCUT2D eigenvalue weighted by atomic mass is 15.2. The molecular formula is C12H28N2. The summed E-state index contributed by atoms with van der Waals surface area (Å²) in [5.41, 5.74) is 0. The first-order valence-corrected chi connectivity index (χ1v) is 6.06. The van der Waals surface area contributed by atoms with Crippen molar-refractivity contribution in [1.82, 2.24) is 10.2 Å². The summed E-state index contributed by atoms with van der Waals surface area (Å²) >= 11 is 0. The molecule has 0 rings (SSSR count). The van der Waals surface area contributed by atoms with E-state index in [9.17, 15) is 0 Å². The summed E-state index contributed by atoms with van der Waals surface area (Å²) in [5.74, 6) is 0.753. The molecule has 0 saturated carbocycles. The van der Waals surface area contributed by atoms with E-state index < -0.39 is 0 Å². The predicted octanol–water partition coefficient (Wildman–Crippen LogP) is 2.35. The van der Waals surface area contributed by atoms with E-state index in [1.54, 1.807) is 0 Å². The van der Waals surface area contributed by atoms with Crippen LogP contribution in [0.15, 0.2) is 0 Å². The van der Waals surface area contributed by atoms with Crippen molar-refractivity contribution in [3.05, 3.63) is 0 Å². The standard InChI is InChI=1S/C12H28N2/c1-6-8-14(7-2)12(5)10-13-9-11(3)4/h11-13H,6-10H2,1-5H3. The van der Waals surface area contributed by atoms with Crippen molar-refractivity contribution in [2.45, 2.75) is 47.1 Å². The average molecular weight is 200 g/mol. The van der Waals surface area contributed by atoms with Crippen LogP contribution in [0.1, 0.15) is 41.0 Å². The van der Waals surface area contributed by atoms with Crippen molar-refractivity contribution in [3.8, 4) is 0 Å². The molecule has 0 aromatic rings. The Kier molecular flexibility index (Phi) is 8.20. The summed E-state index contributed by atoms with van der Waals surface area (Å²) in [6, 6.07) is 0.665. The first-order valence-electron chi connectivity index (χ1n) is 6.06. The third-order valence-electron chi connectivity index (χ3n) is 2.53. The van der Waals surface area contributed by atoms with Gasteiger partial charge in [0.1, 0.15) is 0 Å². The lowest BCUT2D eigenvalue weighted by molar-refractivity contribution is 0.214. The summed E-state index contributed by atoms with van der Waals surface area (Å²) in [4.78, 5) is 2.54. The number of rotatable bonds is 8. The number of hydrogen-bond acceptors (Lipinski definition) is 2. The summed E-state index contributed by atoms with van der Waals surface area (Å²) in [5, 5.41) is 3.52. The smallest absolute Gasteiger partial charge is 0.0192 e. The van der Waals surface area contributed by atoms with Crippen LogP contribution in [0.4, 0.5) is 0 Å². The second-order valence-corrected chi connectivity index (χ2v) is 4.53. The van der Waals surface area contributed by atoms with Gasteiger partial charge >= 0.3 is 0 Å². The third-order valence-corrected chi connectivity index (χ3v) is 2.53. The van der Waals surface area contributed by atoms with Crippen LogP contribution in [0.3, 0.4) is 0 Å². The molecule has 0 spiro atoms. The molecule has 0 saturated heterocycles. The Morgan fingerprint density at radius 3 is 2.14 bits per heavy atom. The fourth-order valence-electron chi connectivity index (χ4n) is 1.69. The lowest BCUT2D eigenvalue weighted by Crippen LogP contribution is -2.41. The van der Waals surface area contributed by atoms with E-state index in [4.69, 9.17) is 0 Å². The molecule has 0 radical (unpaired) electrons. The molecule has 86 valence electrons. The van der Waals surface area contributed by atoms with E-state index in [0.717, 1.165) is 19.0 Å². The molecule has 14 heavy (non-hydrogen) atoms. The molecule has 0 fully saturated rings. The lowest BCUT2D eigenvalue weighted by atomic mass is 10.2. The fourth-order valence-corrected chi connectivity index (χ4v) is 1.69. The van der Waals surface area contributed by atoms with Crippen molar-refractivity contribution >= 4 is 0 Å². The normalized spacial score (nSPS) is 13.9. The van der Waals surface area contributed by atoms with Crippen LogP contribution in [0.5, 0.6) is 0 Å². The molecule has 0 aromatic heterocycles. The highest BCUT2D eigenvalue weighted by molar-refractivity contribution is 4.68. The van der Waals surface area contributed by atoms with Crippen LogP contribution >= 0.6 is 0 Å². The van der Waals surface area contributed by atoms with Crippen LogP contribution in [-0.2, 0) is 0 Å². The number of likely N-dealkylation sites (N-methyl/N-ethyl adjacent to an activating group) is 1. The van der Waals surface area contributed by atoms with Crippen LogP contribution in [0.2, 0.25) is 0 Å². The van der Waals surface area contributed by atoms with Crippen molar-refractivity contribution < 1.29 is 0 Å². The number of nitrogens with zero attached hydrogens (tertiary/aromatic N) is 1. The second kappa shape index (κ2) is 8.25. The Labute approximate surface area is 90.1 Å². The van der Waals surface area contributed by atoms with E-state index >= 15 is 0 Å². The highest BCUT2D eigenvalue weighted by Crippen LogP contribution is 1.99. The quantitative estimate of drug-likeness (QED) is 0.647. The third kappa shape index (κ3) is 6.39. The molecule has 1 N–H and O–H groups in total. The van der Waals surface area contributed by atoms with Crippen molar-refractivity contribution in [2.75, 3.05) is 26.2 Å². The molecular weight excluding hydrogens is 172 g/mol.